The maximum Gasteiger partial charge on any atom is 0.0644 e. The number of aliphatic hydroxyl groups excluding tert-OH is 1. The van der Waals surface area contributed by atoms with Crippen LogP contribution in [0.15, 0.2) is 12.3 Å². The zero-order valence-corrected chi connectivity index (χ0v) is 10.6. The summed E-state index contributed by atoms with van der Waals surface area (Å²) in [6.07, 6.45) is 4.74. The van der Waals surface area contributed by atoms with Gasteiger partial charge < -0.3 is 10.0 Å². The summed E-state index contributed by atoms with van der Waals surface area (Å²) in [6.45, 7) is 3.64. The predicted molar refractivity (Wildman–Crippen MR) is 68.0 cm³/mol. The molecule has 5 nitrogen and oxygen atoms in total. The second-order valence-corrected chi connectivity index (χ2v) is 4.75. The standard InChI is InChI=1S/C13H20N4O/c14-5-2-8-16-7-1-3-12(11-16)13-4-6-15-17(13)9-10-18/h4,6,12,18H,1-3,7-11H2/t12-/m1/s1. The van der Waals surface area contributed by atoms with E-state index in [1.807, 2.05) is 10.7 Å². The highest BCUT2D eigenvalue weighted by atomic mass is 16.3. The first kappa shape index (κ1) is 13.1. The molecular weight excluding hydrogens is 228 g/mol. The molecule has 1 fully saturated rings. The maximum atomic E-state index is 9.02. The minimum Gasteiger partial charge on any atom is -0.394 e. The van der Waals surface area contributed by atoms with Crippen LogP contribution in [0.25, 0.3) is 0 Å². The third-order valence-corrected chi connectivity index (χ3v) is 3.52. The van der Waals surface area contributed by atoms with Crippen molar-refractivity contribution in [1.29, 1.82) is 5.26 Å². The van der Waals surface area contributed by atoms with Crippen LogP contribution in [0.2, 0.25) is 0 Å². The number of nitriles is 1. The molecule has 0 saturated carbocycles. The molecule has 1 N–H and O–H groups in total. The molecule has 0 amide bonds. The molecule has 0 unspecified atom stereocenters. The Morgan fingerprint density at radius 3 is 3.17 bits per heavy atom. The number of rotatable bonds is 5. The molecule has 1 aliphatic rings. The molecule has 1 aromatic heterocycles. The summed E-state index contributed by atoms with van der Waals surface area (Å²) >= 11 is 0. The largest absolute Gasteiger partial charge is 0.394 e. The summed E-state index contributed by atoms with van der Waals surface area (Å²) in [5.74, 6) is 0.478. The van der Waals surface area contributed by atoms with Crippen LogP contribution in [0.3, 0.4) is 0 Å². The highest BCUT2D eigenvalue weighted by Gasteiger charge is 2.23. The number of aromatic nitrogens is 2. The number of hydrogen-bond acceptors (Lipinski definition) is 4. The van der Waals surface area contributed by atoms with Crippen LogP contribution in [0.4, 0.5) is 0 Å². The SMILES string of the molecule is N#CCCN1CCC[C@@H](c2ccnn2CCO)C1. The van der Waals surface area contributed by atoms with Gasteiger partial charge in [-0.25, -0.2) is 0 Å². The number of nitrogens with zero attached hydrogens (tertiary/aromatic N) is 4. The molecule has 0 bridgehead atoms. The van der Waals surface area contributed by atoms with Crippen LogP contribution in [-0.2, 0) is 6.54 Å². The van der Waals surface area contributed by atoms with E-state index in [2.05, 4.69) is 16.1 Å². The highest BCUT2D eigenvalue weighted by molar-refractivity contribution is 5.10. The Hall–Kier alpha value is -1.38. The molecule has 1 aromatic rings. The Balaban J connectivity index is 1.99. The van der Waals surface area contributed by atoms with E-state index >= 15 is 0 Å². The van der Waals surface area contributed by atoms with Gasteiger partial charge in [-0.1, -0.05) is 0 Å². The van der Waals surface area contributed by atoms with Crippen molar-refractivity contribution in [3.05, 3.63) is 18.0 Å². The van der Waals surface area contributed by atoms with Crippen molar-refractivity contribution in [2.45, 2.75) is 31.7 Å². The van der Waals surface area contributed by atoms with Gasteiger partial charge in [-0.2, -0.15) is 10.4 Å². The zero-order valence-electron chi connectivity index (χ0n) is 10.6. The molecule has 2 rings (SSSR count). The fourth-order valence-corrected chi connectivity index (χ4v) is 2.68. The van der Waals surface area contributed by atoms with Crippen molar-refractivity contribution in [2.24, 2.45) is 0 Å². The third-order valence-electron chi connectivity index (χ3n) is 3.52. The van der Waals surface area contributed by atoms with Crippen molar-refractivity contribution in [3.8, 4) is 6.07 Å². The van der Waals surface area contributed by atoms with Crippen LogP contribution < -0.4 is 0 Å². The molecule has 0 radical (unpaired) electrons. The van der Waals surface area contributed by atoms with Crippen molar-refractivity contribution >= 4 is 0 Å². The summed E-state index contributed by atoms with van der Waals surface area (Å²) in [6, 6.07) is 4.25. The normalized spacial score (nSPS) is 20.8. The van der Waals surface area contributed by atoms with Crippen LogP contribution in [0.1, 0.15) is 30.9 Å². The maximum absolute atomic E-state index is 9.02. The van der Waals surface area contributed by atoms with E-state index in [-0.39, 0.29) is 6.61 Å². The zero-order chi connectivity index (χ0) is 12.8. The van der Waals surface area contributed by atoms with Gasteiger partial charge in [0, 0.05) is 37.3 Å². The van der Waals surface area contributed by atoms with Crippen LogP contribution >= 0.6 is 0 Å². The molecule has 1 atom stereocenters. The van der Waals surface area contributed by atoms with Crippen molar-refractivity contribution < 1.29 is 5.11 Å². The van der Waals surface area contributed by atoms with Gasteiger partial charge in [0.05, 0.1) is 19.2 Å². The summed E-state index contributed by atoms with van der Waals surface area (Å²) < 4.78 is 1.90. The second kappa shape index (κ2) is 6.53. The van der Waals surface area contributed by atoms with E-state index in [1.54, 1.807) is 6.20 Å². The first-order chi connectivity index (χ1) is 8.85. The van der Waals surface area contributed by atoms with Crippen LogP contribution in [0, 0.1) is 11.3 Å². The molecule has 18 heavy (non-hydrogen) atoms. The van der Waals surface area contributed by atoms with Gasteiger partial charge in [0.15, 0.2) is 0 Å². The number of likely N-dealkylation sites (tertiary alicyclic amines) is 1. The lowest BCUT2D eigenvalue weighted by Crippen LogP contribution is -2.35. The summed E-state index contributed by atoms with van der Waals surface area (Å²) in [7, 11) is 0. The Bertz CT molecular complexity index is 409. The molecule has 0 spiro atoms. The average Bonchev–Trinajstić information content (AvgIpc) is 2.85. The van der Waals surface area contributed by atoms with E-state index in [1.165, 1.54) is 18.5 Å². The smallest absolute Gasteiger partial charge is 0.0644 e. The van der Waals surface area contributed by atoms with Crippen LogP contribution in [0.5, 0.6) is 0 Å². The quantitative estimate of drug-likeness (QED) is 0.843. The van der Waals surface area contributed by atoms with Gasteiger partial charge in [0.25, 0.3) is 0 Å². The monoisotopic (exact) mass is 248 g/mol. The average molecular weight is 248 g/mol. The molecule has 5 heteroatoms. The predicted octanol–water partition coefficient (Wildman–Crippen LogP) is 0.968. The third kappa shape index (κ3) is 3.09. The van der Waals surface area contributed by atoms with Gasteiger partial charge in [-0.3, -0.25) is 4.68 Å². The Labute approximate surface area is 108 Å². The topological polar surface area (TPSA) is 65.1 Å². The summed E-state index contributed by atoms with van der Waals surface area (Å²) in [5.41, 5.74) is 1.21. The van der Waals surface area contributed by atoms with Crippen molar-refractivity contribution in [1.82, 2.24) is 14.7 Å². The number of hydrogen-bond donors (Lipinski definition) is 1. The fraction of sp³-hybridized carbons (Fsp3) is 0.692. The van der Waals surface area contributed by atoms with E-state index in [0.717, 1.165) is 19.6 Å². The van der Waals surface area contributed by atoms with E-state index < -0.39 is 0 Å². The van der Waals surface area contributed by atoms with E-state index in [4.69, 9.17) is 10.4 Å². The molecule has 0 aromatic carbocycles. The Morgan fingerprint density at radius 1 is 1.50 bits per heavy atom. The molecule has 2 heterocycles. The van der Waals surface area contributed by atoms with E-state index in [9.17, 15) is 0 Å². The van der Waals surface area contributed by atoms with Gasteiger partial charge >= 0.3 is 0 Å². The number of piperidine rings is 1. The minimum absolute atomic E-state index is 0.125. The second-order valence-electron chi connectivity index (χ2n) is 4.75. The van der Waals surface area contributed by atoms with Gasteiger partial charge in [0.1, 0.15) is 0 Å². The Kier molecular flexibility index (Phi) is 4.73. The first-order valence-electron chi connectivity index (χ1n) is 6.57. The van der Waals surface area contributed by atoms with Crippen molar-refractivity contribution in [2.75, 3.05) is 26.2 Å². The first-order valence-corrected chi connectivity index (χ1v) is 6.57. The molecule has 1 aliphatic heterocycles. The molecule has 0 aliphatic carbocycles. The molecule has 1 saturated heterocycles. The lowest BCUT2D eigenvalue weighted by molar-refractivity contribution is 0.204. The number of aliphatic hydroxyl groups is 1. The minimum atomic E-state index is 0.125. The molecule has 98 valence electrons. The Morgan fingerprint density at radius 2 is 2.39 bits per heavy atom. The lowest BCUT2D eigenvalue weighted by Gasteiger charge is -2.32. The van der Waals surface area contributed by atoms with Gasteiger partial charge in [0.2, 0.25) is 0 Å². The van der Waals surface area contributed by atoms with Crippen LogP contribution in [-0.4, -0.2) is 46.0 Å². The van der Waals surface area contributed by atoms with Gasteiger partial charge in [-0.05, 0) is 25.5 Å². The highest BCUT2D eigenvalue weighted by Crippen LogP contribution is 2.26. The van der Waals surface area contributed by atoms with E-state index in [0.29, 0.717) is 18.9 Å². The molecular formula is C13H20N4O. The summed E-state index contributed by atoms with van der Waals surface area (Å²) in [5, 5.41) is 21.9. The summed E-state index contributed by atoms with van der Waals surface area (Å²) in [4.78, 5) is 2.35. The van der Waals surface area contributed by atoms with Gasteiger partial charge in [-0.15, -0.1) is 0 Å². The lowest BCUT2D eigenvalue weighted by atomic mass is 9.94. The fourth-order valence-electron chi connectivity index (χ4n) is 2.68. The van der Waals surface area contributed by atoms with Crippen molar-refractivity contribution in [3.63, 3.8) is 0 Å².